The van der Waals surface area contributed by atoms with Gasteiger partial charge in [0.15, 0.2) is 0 Å². The summed E-state index contributed by atoms with van der Waals surface area (Å²) in [4.78, 5) is 18.6. The number of furan rings is 1. The van der Waals surface area contributed by atoms with Gasteiger partial charge in [0.05, 0.1) is 13.2 Å². The lowest BCUT2D eigenvalue weighted by atomic mass is 9.88. The molecule has 1 aliphatic rings. The van der Waals surface area contributed by atoms with E-state index in [1.165, 1.54) is 25.6 Å². The van der Waals surface area contributed by atoms with Gasteiger partial charge in [-0.25, -0.2) is 9.78 Å². The van der Waals surface area contributed by atoms with E-state index in [1.807, 2.05) is 24.3 Å². The molecule has 2 aromatic heterocycles. The summed E-state index contributed by atoms with van der Waals surface area (Å²) in [7, 11) is 1.31. The molecule has 0 radical (unpaired) electrons. The summed E-state index contributed by atoms with van der Waals surface area (Å²) in [5, 5.41) is 13.3. The molecule has 1 fully saturated rings. The highest BCUT2D eigenvalue weighted by Crippen LogP contribution is 2.46. The van der Waals surface area contributed by atoms with Crippen molar-refractivity contribution in [2.45, 2.75) is 25.3 Å². The Labute approximate surface area is 184 Å². The molecule has 32 heavy (non-hydrogen) atoms. The first-order chi connectivity index (χ1) is 15.6. The number of nitrogens with zero attached hydrogens (tertiary/aromatic N) is 2. The van der Waals surface area contributed by atoms with E-state index in [-0.39, 0.29) is 11.3 Å². The lowest BCUT2D eigenvalue weighted by Crippen LogP contribution is -2.34. The fraction of sp³-hybridized carbons (Fsp3) is 0.280. The van der Waals surface area contributed by atoms with Crippen molar-refractivity contribution in [3.63, 3.8) is 0 Å². The number of aromatic nitrogens is 1. The molecule has 1 N–H and O–H groups in total. The summed E-state index contributed by atoms with van der Waals surface area (Å²) >= 11 is 0. The third-order valence-electron chi connectivity index (χ3n) is 6.24. The molecule has 0 saturated carbocycles. The van der Waals surface area contributed by atoms with Crippen LogP contribution in [0.25, 0.3) is 21.7 Å². The van der Waals surface area contributed by atoms with Gasteiger partial charge in [0.2, 0.25) is 5.95 Å². The Morgan fingerprint density at radius 1 is 1.19 bits per heavy atom. The van der Waals surface area contributed by atoms with Gasteiger partial charge in [-0.2, -0.15) is 4.39 Å². The molecule has 3 heterocycles. The van der Waals surface area contributed by atoms with Gasteiger partial charge >= 0.3 is 5.97 Å². The molecule has 1 aliphatic heterocycles. The van der Waals surface area contributed by atoms with Gasteiger partial charge in [-0.05, 0) is 43.6 Å². The number of carbonyl (C=O) groups excluding carboxylic acids is 1. The van der Waals surface area contributed by atoms with Crippen LogP contribution < -0.4 is 0 Å². The highest BCUT2D eigenvalue weighted by molar-refractivity contribution is 6.16. The Morgan fingerprint density at radius 2 is 1.94 bits per heavy atom. The molecule has 4 aromatic rings. The molecule has 5 rings (SSSR count). The number of likely N-dealkylation sites (tertiary alicyclic amines) is 1. The van der Waals surface area contributed by atoms with Crippen LogP contribution in [-0.2, 0) is 4.74 Å². The van der Waals surface area contributed by atoms with Crippen molar-refractivity contribution in [2.24, 2.45) is 0 Å². The van der Waals surface area contributed by atoms with E-state index >= 15 is 0 Å². The smallest absolute Gasteiger partial charge is 0.341 e. The van der Waals surface area contributed by atoms with Gasteiger partial charge in [0.25, 0.3) is 0 Å². The summed E-state index contributed by atoms with van der Waals surface area (Å²) in [6, 6.07) is 9.99. The van der Waals surface area contributed by atoms with E-state index in [9.17, 15) is 14.3 Å². The Kier molecular flexibility index (Phi) is 5.27. The van der Waals surface area contributed by atoms with Crippen LogP contribution in [-0.4, -0.2) is 41.2 Å². The quantitative estimate of drug-likeness (QED) is 0.352. The zero-order valence-corrected chi connectivity index (χ0v) is 17.7. The van der Waals surface area contributed by atoms with Crippen LogP contribution in [0.3, 0.4) is 0 Å². The molecule has 0 amide bonds. The molecule has 1 unspecified atom stereocenters. The molecule has 0 spiro atoms. The molecule has 2 aromatic carbocycles. The summed E-state index contributed by atoms with van der Waals surface area (Å²) in [6.07, 6.45) is 5.90. The van der Waals surface area contributed by atoms with Gasteiger partial charge in [-0.15, -0.1) is 0 Å². The number of benzene rings is 2. The second kappa shape index (κ2) is 8.24. The first kappa shape index (κ1) is 20.5. The summed E-state index contributed by atoms with van der Waals surface area (Å²) < 4.78 is 25.1. The maximum Gasteiger partial charge on any atom is 0.341 e. The van der Waals surface area contributed by atoms with Crippen molar-refractivity contribution in [3.8, 4) is 5.75 Å². The van der Waals surface area contributed by atoms with Crippen LogP contribution in [0.15, 0.2) is 53.3 Å². The number of hydrogen-bond acceptors (Lipinski definition) is 6. The normalized spacial score (nSPS) is 15.8. The summed E-state index contributed by atoms with van der Waals surface area (Å²) in [5.41, 5.74) is 1.89. The number of phenols is 1. The van der Waals surface area contributed by atoms with Gasteiger partial charge in [-0.3, -0.25) is 4.90 Å². The van der Waals surface area contributed by atoms with E-state index in [4.69, 9.17) is 9.15 Å². The highest BCUT2D eigenvalue weighted by atomic mass is 19.1. The van der Waals surface area contributed by atoms with E-state index in [0.717, 1.165) is 32.4 Å². The van der Waals surface area contributed by atoms with Crippen molar-refractivity contribution in [2.75, 3.05) is 20.2 Å². The number of piperidine rings is 1. The monoisotopic (exact) mass is 434 g/mol. The van der Waals surface area contributed by atoms with Crippen molar-refractivity contribution in [1.82, 2.24) is 9.88 Å². The molecule has 0 bridgehead atoms. The molecule has 7 heteroatoms. The van der Waals surface area contributed by atoms with Crippen molar-refractivity contribution < 1.29 is 23.4 Å². The predicted octanol–water partition coefficient (Wildman–Crippen LogP) is 5.19. The lowest BCUT2D eigenvalue weighted by molar-refractivity contribution is 0.0601. The van der Waals surface area contributed by atoms with Gasteiger partial charge in [0.1, 0.15) is 23.2 Å². The minimum atomic E-state index is -0.596. The second-order valence-corrected chi connectivity index (χ2v) is 8.06. The van der Waals surface area contributed by atoms with Crippen LogP contribution in [0.2, 0.25) is 0 Å². The van der Waals surface area contributed by atoms with Crippen LogP contribution in [0, 0.1) is 5.95 Å². The SMILES string of the molecule is COC(=O)c1coc2c1c(C(c1ccnc(F)c1)N1CCCCC1)c(O)c1ccccc12. The number of fused-ring (bicyclic) bond motifs is 3. The Hall–Kier alpha value is -3.45. The number of methoxy groups -OCH3 is 1. The predicted molar refractivity (Wildman–Crippen MR) is 118 cm³/mol. The fourth-order valence-electron chi connectivity index (χ4n) is 4.83. The van der Waals surface area contributed by atoms with Crippen LogP contribution >= 0.6 is 0 Å². The van der Waals surface area contributed by atoms with Gasteiger partial charge in [-0.1, -0.05) is 30.7 Å². The van der Waals surface area contributed by atoms with Gasteiger partial charge < -0.3 is 14.3 Å². The number of aromatic hydroxyl groups is 1. The van der Waals surface area contributed by atoms with E-state index in [1.54, 1.807) is 6.07 Å². The number of carbonyl (C=O) groups is 1. The summed E-state index contributed by atoms with van der Waals surface area (Å²) in [5.74, 6) is -1.10. The standard InChI is InChI=1S/C25H23FN2O4/c1-31-25(30)18-14-32-24-17-8-4-3-7-16(17)23(29)21(20(18)24)22(28-11-5-2-6-12-28)15-9-10-27-19(26)13-15/h3-4,7-10,13-14,22,29H,2,5-6,11-12H2,1H3. The zero-order chi connectivity index (χ0) is 22.2. The fourth-order valence-corrected chi connectivity index (χ4v) is 4.83. The lowest BCUT2D eigenvalue weighted by Gasteiger charge is -2.36. The van der Waals surface area contributed by atoms with Gasteiger partial charge in [0, 0.05) is 27.9 Å². The number of phenolic OH excluding ortho intramolecular Hbond substituents is 1. The van der Waals surface area contributed by atoms with Crippen molar-refractivity contribution in [3.05, 3.63) is 71.5 Å². The molecule has 164 valence electrons. The number of esters is 1. The average molecular weight is 434 g/mol. The Balaban J connectivity index is 1.88. The minimum absolute atomic E-state index is 0.0486. The molecule has 1 atom stereocenters. The van der Waals surface area contributed by atoms with E-state index in [0.29, 0.717) is 32.9 Å². The third kappa shape index (κ3) is 3.29. The molecule has 1 saturated heterocycles. The van der Waals surface area contributed by atoms with Crippen molar-refractivity contribution >= 4 is 27.7 Å². The number of ether oxygens (including phenoxy) is 1. The number of pyridine rings is 1. The minimum Gasteiger partial charge on any atom is -0.507 e. The Bertz CT molecular complexity index is 1310. The molecule has 0 aliphatic carbocycles. The van der Waals surface area contributed by atoms with Crippen LogP contribution in [0.5, 0.6) is 5.75 Å². The maximum absolute atomic E-state index is 14.2. The summed E-state index contributed by atoms with van der Waals surface area (Å²) in [6.45, 7) is 1.57. The first-order valence-electron chi connectivity index (χ1n) is 10.7. The zero-order valence-electron chi connectivity index (χ0n) is 17.7. The molecular weight excluding hydrogens is 411 g/mol. The van der Waals surface area contributed by atoms with Crippen LogP contribution in [0.4, 0.5) is 4.39 Å². The van der Waals surface area contributed by atoms with E-state index < -0.39 is 18.0 Å². The topological polar surface area (TPSA) is 75.8 Å². The van der Waals surface area contributed by atoms with E-state index in [2.05, 4.69) is 9.88 Å². The first-order valence-corrected chi connectivity index (χ1v) is 10.7. The van der Waals surface area contributed by atoms with Crippen molar-refractivity contribution in [1.29, 1.82) is 0 Å². The molecule has 6 nitrogen and oxygen atoms in total. The number of halogens is 1. The number of rotatable bonds is 4. The largest absolute Gasteiger partial charge is 0.507 e. The number of hydrogen-bond donors (Lipinski definition) is 1. The van der Waals surface area contributed by atoms with Crippen LogP contribution in [0.1, 0.15) is 46.8 Å². The third-order valence-corrected chi connectivity index (χ3v) is 6.24. The highest BCUT2D eigenvalue weighted by Gasteiger charge is 2.33. The average Bonchev–Trinajstić information content (AvgIpc) is 3.27. The maximum atomic E-state index is 14.2. The second-order valence-electron chi connectivity index (χ2n) is 8.06. The Morgan fingerprint density at radius 3 is 2.66 bits per heavy atom. The molecular formula is C25H23FN2O4.